The lowest BCUT2D eigenvalue weighted by atomic mass is 10.1. The van der Waals surface area contributed by atoms with Crippen LogP contribution in [0.5, 0.6) is 0 Å². The largest absolute Gasteiger partial charge is 0.456 e. The van der Waals surface area contributed by atoms with E-state index in [0.717, 1.165) is 11.6 Å². The van der Waals surface area contributed by atoms with Crippen LogP contribution in [-0.2, 0) is 11.3 Å². The summed E-state index contributed by atoms with van der Waals surface area (Å²) >= 11 is 0. The van der Waals surface area contributed by atoms with Crippen LogP contribution < -0.4 is 5.56 Å². The Kier molecular flexibility index (Phi) is 4.12. The number of carbonyl (C=O) groups excluding carboxylic acids is 1. The first-order chi connectivity index (χ1) is 11.5. The molecule has 0 fully saturated rings. The molecule has 5 nitrogen and oxygen atoms in total. The molecule has 122 valence electrons. The number of pyridine rings is 1. The maximum absolute atomic E-state index is 13.5. The minimum Gasteiger partial charge on any atom is -0.456 e. The first kappa shape index (κ1) is 15.9. The van der Waals surface area contributed by atoms with E-state index in [4.69, 9.17) is 4.74 Å². The summed E-state index contributed by atoms with van der Waals surface area (Å²) in [6, 6.07) is 9.05. The first-order valence-corrected chi connectivity index (χ1v) is 7.37. The summed E-state index contributed by atoms with van der Waals surface area (Å²) in [5.41, 5.74) is 2.00. The lowest BCUT2D eigenvalue weighted by Gasteiger charge is -2.08. The fourth-order valence-corrected chi connectivity index (χ4v) is 2.33. The zero-order valence-corrected chi connectivity index (χ0v) is 13.2. The van der Waals surface area contributed by atoms with Gasteiger partial charge < -0.3 is 4.74 Å². The van der Waals surface area contributed by atoms with E-state index in [-0.39, 0.29) is 17.7 Å². The zero-order valence-electron chi connectivity index (χ0n) is 13.2. The number of aryl methyl sites for hydroxylation is 2. The molecule has 3 aromatic rings. The van der Waals surface area contributed by atoms with E-state index >= 15 is 0 Å². The number of halogens is 1. The average molecular weight is 326 g/mol. The standard InChI is InChI=1S/C18H15FN2O3/c1-11-5-6-13(8-15(11)19)18(23)24-10-14-9-16(22)21-7-3-4-12(2)17(21)20-14/h3-9H,10H2,1-2H3. The molecule has 2 heterocycles. The summed E-state index contributed by atoms with van der Waals surface area (Å²) in [7, 11) is 0. The lowest BCUT2D eigenvalue weighted by molar-refractivity contribution is 0.0467. The van der Waals surface area contributed by atoms with E-state index in [0.29, 0.717) is 16.9 Å². The molecule has 3 rings (SSSR count). The van der Waals surface area contributed by atoms with Crippen LogP contribution in [0, 0.1) is 19.7 Å². The van der Waals surface area contributed by atoms with Crippen molar-refractivity contribution in [3.63, 3.8) is 0 Å². The molecule has 2 aromatic heterocycles. The molecule has 1 aromatic carbocycles. The van der Waals surface area contributed by atoms with Crippen molar-refractivity contribution in [2.75, 3.05) is 0 Å². The molecule has 0 amide bonds. The Hall–Kier alpha value is -3.02. The Bertz CT molecular complexity index is 995. The van der Waals surface area contributed by atoms with Crippen molar-refractivity contribution in [2.24, 2.45) is 0 Å². The quantitative estimate of drug-likeness (QED) is 0.695. The molecule has 0 aliphatic rings. The maximum Gasteiger partial charge on any atom is 0.338 e. The molecule has 0 radical (unpaired) electrons. The molecule has 0 unspecified atom stereocenters. The van der Waals surface area contributed by atoms with Gasteiger partial charge in [-0.1, -0.05) is 12.1 Å². The fraction of sp³-hybridized carbons (Fsp3) is 0.167. The number of benzene rings is 1. The summed E-state index contributed by atoms with van der Waals surface area (Å²) in [6.45, 7) is 3.29. The minimum atomic E-state index is -0.666. The van der Waals surface area contributed by atoms with E-state index in [9.17, 15) is 14.0 Å². The van der Waals surface area contributed by atoms with Gasteiger partial charge in [0, 0.05) is 12.3 Å². The molecule has 6 heteroatoms. The number of ether oxygens (including phenoxy) is 1. The van der Waals surface area contributed by atoms with Gasteiger partial charge in [-0.2, -0.15) is 0 Å². The van der Waals surface area contributed by atoms with Crippen LogP contribution >= 0.6 is 0 Å². The summed E-state index contributed by atoms with van der Waals surface area (Å²) in [5, 5.41) is 0. The van der Waals surface area contributed by atoms with Crippen LogP contribution in [0.1, 0.15) is 27.2 Å². The fourth-order valence-electron chi connectivity index (χ4n) is 2.33. The molecule has 0 atom stereocenters. The van der Waals surface area contributed by atoms with Gasteiger partial charge in [-0.15, -0.1) is 0 Å². The van der Waals surface area contributed by atoms with Crippen LogP contribution in [0.2, 0.25) is 0 Å². The molecule has 0 aliphatic carbocycles. The Morgan fingerprint density at radius 1 is 1.21 bits per heavy atom. The summed E-state index contributed by atoms with van der Waals surface area (Å²) in [5.74, 6) is -1.14. The highest BCUT2D eigenvalue weighted by Crippen LogP contribution is 2.11. The number of esters is 1. The van der Waals surface area contributed by atoms with E-state index in [2.05, 4.69) is 4.98 Å². The summed E-state index contributed by atoms with van der Waals surface area (Å²) in [6.07, 6.45) is 1.63. The normalized spacial score (nSPS) is 10.8. The third-order valence-electron chi connectivity index (χ3n) is 3.70. The van der Waals surface area contributed by atoms with Gasteiger partial charge in [0.2, 0.25) is 0 Å². The smallest absolute Gasteiger partial charge is 0.338 e. The molecule has 0 saturated carbocycles. The molecule has 0 spiro atoms. The first-order valence-electron chi connectivity index (χ1n) is 7.37. The van der Waals surface area contributed by atoms with Crippen LogP contribution in [0.25, 0.3) is 5.65 Å². The van der Waals surface area contributed by atoms with Gasteiger partial charge in [0.25, 0.3) is 5.56 Å². The predicted octanol–water partition coefficient (Wildman–Crippen LogP) is 2.81. The number of hydrogen-bond donors (Lipinski definition) is 0. The van der Waals surface area contributed by atoms with E-state index < -0.39 is 11.8 Å². The van der Waals surface area contributed by atoms with Crippen molar-refractivity contribution >= 4 is 11.6 Å². The van der Waals surface area contributed by atoms with E-state index in [1.807, 2.05) is 13.0 Å². The highest BCUT2D eigenvalue weighted by atomic mass is 19.1. The van der Waals surface area contributed by atoms with Crippen LogP contribution in [0.3, 0.4) is 0 Å². The molecule has 0 N–H and O–H groups in total. The number of hydrogen-bond acceptors (Lipinski definition) is 4. The van der Waals surface area contributed by atoms with Gasteiger partial charge in [0.05, 0.1) is 11.3 Å². The zero-order chi connectivity index (χ0) is 17.3. The number of nitrogens with zero attached hydrogens (tertiary/aromatic N) is 2. The second kappa shape index (κ2) is 6.23. The molecular formula is C18H15FN2O3. The molecule has 0 aliphatic heterocycles. The Balaban J connectivity index is 1.83. The van der Waals surface area contributed by atoms with Gasteiger partial charge in [-0.05, 0) is 43.2 Å². The number of carbonyl (C=O) groups is 1. The average Bonchev–Trinajstić information content (AvgIpc) is 2.56. The number of rotatable bonds is 3. The second-order valence-electron chi connectivity index (χ2n) is 5.51. The van der Waals surface area contributed by atoms with Gasteiger partial charge in [0.1, 0.15) is 18.1 Å². The predicted molar refractivity (Wildman–Crippen MR) is 86.5 cm³/mol. The van der Waals surface area contributed by atoms with Crippen LogP contribution in [-0.4, -0.2) is 15.4 Å². The van der Waals surface area contributed by atoms with Crippen molar-refractivity contribution in [3.05, 3.63) is 81.2 Å². The lowest BCUT2D eigenvalue weighted by Crippen LogP contribution is -2.17. The number of fused-ring (bicyclic) bond motifs is 1. The Labute approximate surface area is 137 Å². The van der Waals surface area contributed by atoms with E-state index in [1.54, 1.807) is 19.2 Å². The minimum absolute atomic E-state index is 0.117. The third-order valence-corrected chi connectivity index (χ3v) is 3.70. The molecule has 0 saturated heterocycles. The Morgan fingerprint density at radius 3 is 2.75 bits per heavy atom. The van der Waals surface area contributed by atoms with E-state index in [1.165, 1.54) is 22.6 Å². The molecule has 0 bridgehead atoms. The topological polar surface area (TPSA) is 60.7 Å². The van der Waals surface area contributed by atoms with Crippen molar-refractivity contribution in [1.82, 2.24) is 9.38 Å². The van der Waals surface area contributed by atoms with Crippen molar-refractivity contribution in [1.29, 1.82) is 0 Å². The van der Waals surface area contributed by atoms with Crippen LogP contribution in [0.15, 0.2) is 47.4 Å². The third kappa shape index (κ3) is 3.03. The summed E-state index contributed by atoms with van der Waals surface area (Å²) in [4.78, 5) is 28.4. The molecular weight excluding hydrogens is 311 g/mol. The Morgan fingerprint density at radius 2 is 2.00 bits per heavy atom. The summed E-state index contributed by atoms with van der Waals surface area (Å²) < 4.78 is 20.1. The van der Waals surface area contributed by atoms with Crippen molar-refractivity contribution < 1.29 is 13.9 Å². The van der Waals surface area contributed by atoms with Crippen LogP contribution in [0.4, 0.5) is 4.39 Å². The monoisotopic (exact) mass is 326 g/mol. The second-order valence-corrected chi connectivity index (χ2v) is 5.51. The number of aromatic nitrogens is 2. The maximum atomic E-state index is 13.5. The SMILES string of the molecule is Cc1ccc(C(=O)OCc2cc(=O)n3cccc(C)c3n2)cc1F. The van der Waals surface area contributed by atoms with Crippen molar-refractivity contribution in [2.45, 2.75) is 20.5 Å². The molecule has 24 heavy (non-hydrogen) atoms. The van der Waals surface area contributed by atoms with Gasteiger partial charge in [-0.25, -0.2) is 14.2 Å². The van der Waals surface area contributed by atoms with Crippen molar-refractivity contribution in [3.8, 4) is 0 Å². The van der Waals surface area contributed by atoms with Gasteiger partial charge in [0.15, 0.2) is 0 Å². The highest BCUT2D eigenvalue weighted by Gasteiger charge is 2.11. The van der Waals surface area contributed by atoms with Gasteiger partial charge in [-0.3, -0.25) is 9.20 Å². The van der Waals surface area contributed by atoms with Gasteiger partial charge >= 0.3 is 5.97 Å². The highest BCUT2D eigenvalue weighted by molar-refractivity contribution is 5.89.